The molecule has 3 aromatic rings. The molecule has 0 saturated heterocycles. The molecule has 0 aliphatic carbocycles. The van der Waals surface area contributed by atoms with E-state index in [1.54, 1.807) is 30.5 Å². The van der Waals surface area contributed by atoms with Gasteiger partial charge in [0.15, 0.2) is 0 Å². The van der Waals surface area contributed by atoms with Crippen molar-refractivity contribution in [2.45, 2.75) is 0 Å². The average Bonchev–Trinajstić information content (AvgIpc) is 3.05. The van der Waals surface area contributed by atoms with Crippen molar-refractivity contribution < 1.29 is 9.90 Å². The highest BCUT2D eigenvalue weighted by Gasteiger charge is 2.36. The molecule has 0 fully saturated rings. The van der Waals surface area contributed by atoms with E-state index < -0.39 is 5.92 Å². The number of aromatic hydroxyl groups is 1. The molecule has 27 heavy (non-hydrogen) atoms. The lowest BCUT2D eigenvalue weighted by molar-refractivity contribution is -0.118. The van der Waals surface area contributed by atoms with Crippen LogP contribution in [0.5, 0.6) is 5.75 Å². The van der Waals surface area contributed by atoms with Crippen molar-refractivity contribution in [3.05, 3.63) is 90.5 Å². The van der Waals surface area contributed by atoms with E-state index in [2.05, 4.69) is 10.1 Å². The minimum absolute atomic E-state index is 0.0670. The van der Waals surface area contributed by atoms with Crippen LogP contribution in [0.25, 0.3) is 0 Å². The van der Waals surface area contributed by atoms with Gasteiger partial charge in [-0.25, -0.2) is 0 Å². The zero-order chi connectivity index (χ0) is 18.6. The van der Waals surface area contributed by atoms with Crippen LogP contribution in [-0.2, 0) is 4.79 Å². The zero-order valence-electron chi connectivity index (χ0n) is 14.4. The molecular weight excluding hydrogens is 338 g/mol. The number of benzene rings is 3. The molecule has 0 aromatic heterocycles. The molecule has 0 spiro atoms. The molecule has 0 bridgehead atoms. The molecule has 1 unspecified atom stereocenters. The number of phenols is 1. The summed E-state index contributed by atoms with van der Waals surface area (Å²) in [6, 6.07) is 25.6. The van der Waals surface area contributed by atoms with E-state index in [4.69, 9.17) is 0 Å². The highest BCUT2D eigenvalue weighted by Crippen LogP contribution is 2.28. The summed E-state index contributed by atoms with van der Waals surface area (Å²) in [7, 11) is 0. The Labute approximate surface area is 156 Å². The maximum absolute atomic E-state index is 13.1. The van der Waals surface area contributed by atoms with Gasteiger partial charge in [0.25, 0.3) is 5.91 Å². The minimum Gasteiger partial charge on any atom is -0.506 e. The summed E-state index contributed by atoms with van der Waals surface area (Å²) in [4.78, 5) is 17.4. The number of hydrazone groups is 1. The van der Waals surface area contributed by atoms with Crippen molar-refractivity contribution in [3.63, 3.8) is 0 Å². The maximum atomic E-state index is 13.1. The van der Waals surface area contributed by atoms with Gasteiger partial charge in [0.2, 0.25) is 0 Å². The van der Waals surface area contributed by atoms with Gasteiger partial charge < -0.3 is 5.11 Å². The second kappa shape index (κ2) is 7.25. The summed E-state index contributed by atoms with van der Waals surface area (Å²) in [6.45, 7) is 0. The van der Waals surface area contributed by atoms with Gasteiger partial charge in [0.1, 0.15) is 17.4 Å². The molecule has 1 N–H and O–H groups in total. The molecule has 4 rings (SSSR count). The highest BCUT2D eigenvalue weighted by molar-refractivity contribution is 6.29. The smallest absolute Gasteiger partial charge is 0.262 e. The lowest BCUT2D eigenvalue weighted by atomic mass is 9.98. The van der Waals surface area contributed by atoms with Gasteiger partial charge in [-0.15, -0.1) is 0 Å². The van der Waals surface area contributed by atoms with Crippen molar-refractivity contribution in [1.82, 2.24) is 0 Å². The summed E-state index contributed by atoms with van der Waals surface area (Å²) in [5.41, 5.74) is 2.60. The second-order valence-corrected chi connectivity index (χ2v) is 6.08. The zero-order valence-corrected chi connectivity index (χ0v) is 14.4. The molecule has 0 radical (unpaired) electrons. The Bertz CT molecular complexity index is 1010. The second-order valence-electron chi connectivity index (χ2n) is 6.08. The SMILES string of the molecule is O=C1C(/C=N/c2ccccc2O)C(c2ccccc2)=NN1c1ccccc1. The third-order valence-corrected chi connectivity index (χ3v) is 4.29. The molecule has 1 heterocycles. The molecule has 0 saturated carbocycles. The Morgan fingerprint density at radius 1 is 0.889 bits per heavy atom. The van der Waals surface area contributed by atoms with Crippen molar-refractivity contribution in [2.24, 2.45) is 16.0 Å². The predicted octanol–water partition coefficient (Wildman–Crippen LogP) is 4.16. The third-order valence-electron chi connectivity index (χ3n) is 4.29. The van der Waals surface area contributed by atoms with Crippen LogP contribution in [0.2, 0.25) is 0 Å². The van der Waals surface area contributed by atoms with E-state index in [9.17, 15) is 9.90 Å². The van der Waals surface area contributed by atoms with Crippen LogP contribution in [0.3, 0.4) is 0 Å². The van der Waals surface area contributed by atoms with E-state index in [-0.39, 0.29) is 11.7 Å². The number of amides is 1. The lowest BCUT2D eigenvalue weighted by Crippen LogP contribution is -2.28. The molecule has 1 aliphatic rings. The monoisotopic (exact) mass is 355 g/mol. The predicted molar refractivity (Wildman–Crippen MR) is 107 cm³/mol. The minimum atomic E-state index is -0.632. The lowest BCUT2D eigenvalue weighted by Gasteiger charge is -2.12. The van der Waals surface area contributed by atoms with Gasteiger partial charge in [0, 0.05) is 6.21 Å². The molecule has 1 atom stereocenters. The molecule has 132 valence electrons. The third kappa shape index (κ3) is 3.35. The first-order chi connectivity index (χ1) is 13.2. The van der Waals surface area contributed by atoms with Crippen molar-refractivity contribution in [2.75, 3.05) is 5.01 Å². The quantitative estimate of drug-likeness (QED) is 0.714. The number of carbonyl (C=O) groups is 1. The van der Waals surface area contributed by atoms with Gasteiger partial charge in [-0.05, 0) is 29.8 Å². The van der Waals surface area contributed by atoms with Gasteiger partial charge in [-0.1, -0.05) is 60.7 Å². The van der Waals surface area contributed by atoms with Crippen molar-refractivity contribution in [3.8, 4) is 5.75 Å². The van der Waals surface area contributed by atoms with Crippen LogP contribution >= 0.6 is 0 Å². The average molecular weight is 355 g/mol. The molecule has 1 amide bonds. The van der Waals surface area contributed by atoms with E-state index in [1.165, 1.54) is 5.01 Å². The Morgan fingerprint density at radius 2 is 1.52 bits per heavy atom. The van der Waals surface area contributed by atoms with Crippen LogP contribution in [0.4, 0.5) is 11.4 Å². The standard InChI is InChI=1S/C22H17N3O2/c26-20-14-8-7-13-19(20)23-15-18-21(16-9-3-1-4-10-16)24-25(22(18)27)17-11-5-2-6-12-17/h1-15,18,26H/b23-15+. The number of para-hydroxylation sites is 3. The van der Waals surface area contributed by atoms with Crippen LogP contribution < -0.4 is 5.01 Å². The fourth-order valence-electron chi connectivity index (χ4n) is 2.93. The molecule has 3 aromatic carbocycles. The van der Waals surface area contributed by atoms with Gasteiger partial charge in [0.05, 0.1) is 11.4 Å². The largest absolute Gasteiger partial charge is 0.506 e. The molecule has 5 heteroatoms. The van der Waals surface area contributed by atoms with Crippen LogP contribution in [0.1, 0.15) is 5.56 Å². The first-order valence-electron chi connectivity index (χ1n) is 8.59. The van der Waals surface area contributed by atoms with Crippen LogP contribution in [-0.4, -0.2) is 22.9 Å². The van der Waals surface area contributed by atoms with Crippen molar-refractivity contribution in [1.29, 1.82) is 0 Å². The first kappa shape index (κ1) is 16.7. The number of hydrogen-bond donors (Lipinski definition) is 1. The van der Waals surface area contributed by atoms with Crippen LogP contribution in [0.15, 0.2) is 95.0 Å². The number of anilines is 1. The number of nitrogens with zero attached hydrogens (tertiary/aromatic N) is 3. The molecular formula is C22H17N3O2. The first-order valence-corrected chi connectivity index (χ1v) is 8.59. The normalized spacial score (nSPS) is 16.7. The van der Waals surface area contributed by atoms with E-state index in [0.29, 0.717) is 17.1 Å². The van der Waals surface area contributed by atoms with E-state index in [1.807, 2.05) is 60.7 Å². The van der Waals surface area contributed by atoms with Gasteiger partial charge in [-0.3, -0.25) is 9.79 Å². The number of phenolic OH excluding ortho intramolecular Hbond substituents is 1. The number of hydrogen-bond acceptors (Lipinski definition) is 4. The van der Waals surface area contributed by atoms with Gasteiger partial charge >= 0.3 is 0 Å². The summed E-state index contributed by atoms with van der Waals surface area (Å²) in [5.74, 6) is -0.747. The fourth-order valence-corrected chi connectivity index (χ4v) is 2.93. The highest BCUT2D eigenvalue weighted by atomic mass is 16.3. The number of aliphatic imine (C=N–C) groups is 1. The molecule has 5 nitrogen and oxygen atoms in total. The summed E-state index contributed by atoms with van der Waals surface area (Å²) >= 11 is 0. The van der Waals surface area contributed by atoms with Crippen molar-refractivity contribution >= 4 is 29.2 Å². The van der Waals surface area contributed by atoms with E-state index in [0.717, 1.165) is 5.56 Å². The van der Waals surface area contributed by atoms with E-state index >= 15 is 0 Å². The van der Waals surface area contributed by atoms with Crippen LogP contribution in [0, 0.1) is 5.92 Å². The number of carbonyl (C=O) groups excluding carboxylic acids is 1. The Balaban J connectivity index is 1.73. The van der Waals surface area contributed by atoms with Gasteiger partial charge in [-0.2, -0.15) is 10.1 Å². The Hall–Kier alpha value is -3.73. The Morgan fingerprint density at radius 3 is 2.22 bits per heavy atom. The molecule has 1 aliphatic heterocycles. The number of rotatable bonds is 4. The Kier molecular flexibility index (Phi) is 4.49. The topological polar surface area (TPSA) is 65.3 Å². The maximum Gasteiger partial charge on any atom is 0.262 e. The summed E-state index contributed by atoms with van der Waals surface area (Å²) in [6.07, 6.45) is 1.55. The fraction of sp³-hybridized carbons (Fsp3) is 0.0455. The summed E-state index contributed by atoms with van der Waals surface area (Å²) in [5, 5.41) is 15.9. The summed E-state index contributed by atoms with van der Waals surface area (Å²) < 4.78 is 0.